The van der Waals surface area contributed by atoms with Crippen molar-refractivity contribution in [3.63, 3.8) is 0 Å². The number of hydrogen-bond acceptors (Lipinski definition) is 6. The highest BCUT2D eigenvalue weighted by atomic mass is 16.6. The standard InChI is InChI=1S/C15H15N3O5/c1-8(19)13-12(9-4-3-5-10(6-9)18(22)23)11(7-16)14(20)17-15(13,2)21/h3-6,11-13,21H,1-2H3,(H,17,20)/t11-,12-,13+,15-/m0/s1. The second-order valence-electron chi connectivity index (χ2n) is 5.71. The predicted molar refractivity (Wildman–Crippen MR) is 77.9 cm³/mol. The number of carbonyl (C=O) groups is 2. The Hall–Kier alpha value is -2.79. The van der Waals surface area contributed by atoms with Crippen LogP contribution in [0.4, 0.5) is 5.69 Å². The molecule has 1 aromatic carbocycles. The minimum Gasteiger partial charge on any atom is -0.370 e. The topological polar surface area (TPSA) is 133 Å². The molecule has 2 rings (SSSR count). The molecule has 8 heteroatoms. The Bertz CT molecular complexity index is 722. The third kappa shape index (κ3) is 2.91. The maximum Gasteiger partial charge on any atom is 0.269 e. The number of nitrogens with one attached hydrogen (secondary N) is 1. The lowest BCUT2D eigenvalue weighted by Gasteiger charge is -2.43. The minimum atomic E-state index is -1.84. The van der Waals surface area contributed by atoms with E-state index in [1.165, 1.54) is 38.1 Å². The van der Waals surface area contributed by atoms with Gasteiger partial charge in [-0.2, -0.15) is 5.26 Å². The van der Waals surface area contributed by atoms with E-state index in [0.29, 0.717) is 5.56 Å². The predicted octanol–water partition coefficient (Wildman–Crippen LogP) is 0.862. The summed E-state index contributed by atoms with van der Waals surface area (Å²) in [6.07, 6.45) is 0. The van der Waals surface area contributed by atoms with Gasteiger partial charge in [-0.25, -0.2) is 0 Å². The average molecular weight is 317 g/mol. The molecule has 1 saturated heterocycles. The van der Waals surface area contributed by atoms with E-state index in [4.69, 9.17) is 0 Å². The molecule has 1 aliphatic heterocycles. The van der Waals surface area contributed by atoms with Gasteiger partial charge in [0.1, 0.15) is 17.4 Å². The molecule has 1 fully saturated rings. The second kappa shape index (κ2) is 5.78. The van der Waals surface area contributed by atoms with Gasteiger partial charge in [-0.1, -0.05) is 12.1 Å². The van der Waals surface area contributed by atoms with Crippen LogP contribution >= 0.6 is 0 Å². The first-order valence-electron chi connectivity index (χ1n) is 6.88. The number of amides is 1. The highest BCUT2D eigenvalue weighted by molar-refractivity contribution is 5.89. The highest BCUT2D eigenvalue weighted by Crippen LogP contribution is 2.42. The van der Waals surface area contributed by atoms with E-state index < -0.39 is 40.1 Å². The van der Waals surface area contributed by atoms with Crippen molar-refractivity contribution in [2.75, 3.05) is 0 Å². The number of nitro benzene ring substituents is 1. The number of nitro groups is 1. The maximum atomic E-state index is 12.1. The van der Waals surface area contributed by atoms with Gasteiger partial charge in [0.2, 0.25) is 5.91 Å². The smallest absolute Gasteiger partial charge is 0.269 e. The normalized spacial score (nSPS) is 30.2. The first-order valence-corrected chi connectivity index (χ1v) is 6.88. The number of aliphatic hydroxyl groups is 1. The number of nitriles is 1. The summed E-state index contributed by atoms with van der Waals surface area (Å²) < 4.78 is 0. The molecule has 1 aliphatic rings. The fraction of sp³-hybridized carbons (Fsp3) is 0.400. The van der Waals surface area contributed by atoms with Crippen molar-refractivity contribution in [3.8, 4) is 6.07 Å². The summed E-state index contributed by atoms with van der Waals surface area (Å²) in [5.74, 6) is -4.43. The number of non-ortho nitro benzene ring substituents is 1. The summed E-state index contributed by atoms with van der Waals surface area (Å²) >= 11 is 0. The van der Waals surface area contributed by atoms with Gasteiger partial charge in [0, 0.05) is 18.1 Å². The van der Waals surface area contributed by atoms with Crippen LogP contribution in [-0.2, 0) is 9.59 Å². The van der Waals surface area contributed by atoms with E-state index in [0.717, 1.165) is 0 Å². The van der Waals surface area contributed by atoms with Crippen molar-refractivity contribution >= 4 is 17.4 Å². The lowest BCUT2D eigenvalue weighted by molar-refractivity contribution is -0.385. The summed E-state index contributed by atoms with van der Waals surface area (Å²) in [6.45, 7) is 2.52. The van der Waals surface area contributed by atoms with Gasteiger partial charge in [0.05, 0.1) is 16.9 Å². The Morgan fingerprint density at radius 1 is 1.52 bits per heavy atom. The third-order valence-corrected chi connectivity index (χ3v) is 4.03. The van der Waals surface area contributed by atoms with Crippen LogP contribution in [-0.4, -0.2) is 27.4 Å². The molecule has 2 N–H and O–H groups in total. The number of piperidine rings is 1. The van der Waals surface area contributed by atoms with Crippen molar-refractivity contribution in [1.82, 2.24) is 5.32 Å². The number of rotatable bonds is 3. The number of ketones is 1. The molecule has 8 nitrogen and oxygen atoms in total. The molecule has 0 radical (unpaired) electrons. The highest BCUT2D eigenvalue weighted by Gasteiger charge is 2.52. The fourth-order valence-corrected chi connectivity index (χ4v) is 3.13. The SMILES string of the molecule is CC(=O)[C@@H]1[C@@H](c2cccc([N+](=O)[O-])c2)[C@H](C#N)C(=O)N[C@@]1(C)O. The molecule has 120 valence electrons. The summed E-state index contributed by atoms with van der Waals surface area (Å²) in [5, 5.41) is 32.9. The van der Waals surface area contributed by atoms with Crippen LogP contribution < -0.4 is 5.32 Å². The third-order valence-electron chi connectivity index (χ3n) is 4.03. The average Bonchev–Trinajstić information content (AvgIpc) is 2.45. The van der Waals surface area contributed by atoms with Crippen LogP contribution in [0.3, 0.4) is 0 Å². The lowest BCUT2D eigenvalue weighted by atomic mass is 9.68. The van der Waals surface area contributed by atoms with Gasteiger partial charge >= 0.3 is 0 Å². The largest absolute Gasteiger partial charge is 0.370 e. The van der Waals surface area contributed by atoms with Crippen LogP contribution in [0.15, 0.2) is 24.3 Å². The van der Waals surface area contributed by atoms with E-state index >= 15 is 0 Å². The zero-order chi connectivity index (χ0) is 17.4. The monoisotopic (exact) mass is 317 g/mol. The molecular weight excluding hydrogens is 302 g/mol. The van der Waals surface area contributed by atoms with Gasteiger partial charge < -0.3 is 10.4 Å². The van der Waals surface area contributed by atoms with E-state index in [2.05, 4.69) is 5.32 Å². The zero-order valence-electron chi connectivity index (χ0n) is 12.5. The van der Waals surface area contributed by atoms with Gasteiger partial charge in [-0.15, -0.1) is 0 Å². The Morgan fingerprint density at radius 3 is 2.70 bits per heavy atom. The Kier molecular flexibility index (Phi) is 4.16. The van der Waals surface area contributed by atoms with E-state index in [1.807, 2.05) is 6.07 Å². The molecular formula is C15H15N3O5. The first kappa shape index (κ1) is 16.6. The van der Waals surface area contributed by atoms with Crippen LogP contribution in [0.2, 0.25) is 0 Å². The summed E-state index contributed by atoms with van der Waals surface area (Å²) in [6, 6.07) is 7.25. The Labute approximate surface area is 131 Å². The van der Waals surface area contributed by atoms with Crippen LogP contribution in [0.1, 0.15) is 25.3 Å². The Morgan fingerprint density at radius 2 is 2.17 bits per heavy atom. The number of carbonyl (C=O) groups excluding carboxylic acids is 2. The van der Waals surface area contributed by atoms with E-state index in [1.54, 1.807) is 0 Å². The fourth-order valence-electron chi connectivity index (χ4n) is 3.13. The molecule has 0 aromatic heterocycles. The molecule has 0 spiro atoms. The van der Waals surface area contributed by atoms with Gasteiger partial charge in [-0.3, -0.25) is 19.7 Å². The molecule has 1 amide bonds. The quantitative estimate of drug-likeness (QED) is 0.627. The van der Waals surface area contributed by atoms with Crippen molar-refractivity contribution in [2.24, 2.45) is 11.8 Å². The second-order valence-corrected chi connectivity index (χ2v) is 5.71. The summed E-state index contributed by atoms with van der Waals surface area (Å²) in [5.41, 5.74) is -1.76. The van der Waals surface area contributed by atoms with Crippen LogP contribution in [0.5, 0.6) is 0 Å². The number of nitrogens with zero attached hydrogens (tertiary/aromatic N) is 2. The van der Waals surface area contributed by atoms with Crippen molar-refractivity contribution in [1.29, 1.82) is 5.26 Å². The first-order chi connectivity index (χ1) is 10.7. The number of hydrogen-bond donors (Lipinski definition) is 2. The number of benzene rings is 1. The minimum absolute atomic E-state index is 0.216. The van der Waals surface area contributed by atoms with Crippen molar-refractivity contribution in [3.05, 3.63) is 39.9 Å². The zero-order valence-corrected chi connectivity index (χ0v) is 12.5. The van der Waals surface area contributed by atoms with E-state index in [9.17, 15) is 30.1 Å². The molecule has 1 aromatic rings. The Balaban J connectivity index is 2.63. The van der Waals surface area contributed by atoms with Crippen molar-refractivity contribution < 1.29 is 19.6 Å². The maximum absolute atomic E-state index is 12.1. The molecule has 0 unspecified atom stereocenters. The molecule has 4 atom stereocenters. The van der Waals surface area contributed by atoms with Gasteiger partial charge in [-0.05, 0) is 19.4 Å². The van der Waals surface area contributed by atoms with E-state index in [-0.39, 0.29) is 5.69 Å². The molecule has 1 heterocycles. The van der Waals surface area contributed by atoms with Crippen LogP contribution in [0, 0.1) is 33.3 Å². The van der Waals surface area contributed by atoms with Crippen molar-refractivity contribution in [2.45, 2.75) is 25.5 Å². The molecule has 0 saturated carbocycles. The van der Waals surface area contributed by atoms with Crippen LogP contribution in [0.25, 0.3) is 0 Å². The number of Topliss-reactive ketones (excluding diaryl/α,β-unsaturated/α-hetero) is 1. The molecule has 0 aliphatic carbocycles. The lowest BCUT2D eigenvalue weighted by Crippen LogP contribution is -2.62. The summed E-state index contributed by atoms with van der Waals surface area (Å²) in [4.78, 5) is 34.4. The molecule has 23 heavy (non-hydrogen) atoms. The summed E-state index contributed by atoms with van der Waals surface area (Å²) in [7, 11) is 0. The van der Waals surface area contributed by atoms with Gasteiger partial charge in [0.25, 0.3) is 5.69 Å². The molecule has 0 bridgehead atoms. The van der Waals surface area contributed by atoms with Gasteiger partial charge in [0.15, 0.2) is 0 Å².